The van der Waals surface area contributed by atoms with Gasteiger partial charge >= 0.3 is 11.9 Å². The molecule has 1 saturated heterocycles. The Kier molecular flexibility index (Phi) is 5.91. The molecule has 2 aromatic rings. The van der Waals surface area contributed by atoms with Crippen LogP contribution in [0.1, 0.15) is 27.5 Å². The Morgan fingerprint density at radius 2 is 1.79 bits per heavy atom. The van der Waals surface area contributed by atoms with Crippen molar-refractivity contribution in [1.82, 2.24) is 4.90 Å². The molecule has 1 heterocycles. The molecule has 1 amide bonds. The van der Waals surface area contributed by atoms with Crippen molar-refractivity contribution in [2.45, 2.75) is 6.04 Å². The SMILES string of the molecule is COC(=O)C(c1ccccc1)N1C(=O)/C(=C\c2ccccc2C(=O)O)SC1=S. The molecule has 0 saturated carbocycles. The lowest BCUT2D eigenvalue weighted by molar-refractivity contribution is -0.148. The van der Waals surface area contributed by atoms with E-state index < -0.39 is 23.9 Å². The smallest absolute Gasteiger partial charge is 0.336 e. The normalized spacial score (nSPS) is 16.3. The van der Waals surface area contributed by atoms with Crippen molar-refractivity contribution >= 4 is 52.2 Å². The first kappa shape index (κ1) is 19.8. The number of amides is 1. The van der Waals surface area contributed by atoms with Gasteiger partial charge in [-0.2, -0.15) is 0 Å². The zero-order chi connectivity index (χ0) is 20.3. The fourth-order valence-corrected chi connectivity index (χ4v) is 4.10. The highest BCUT2D eigenvalue weighted by Gasteiger charge is 2.41. The van der Waals surface area contributed by atoms with Crippen LogP contribution < -0.4 is 0 Å². The van der Waals surface area contributed by atoms with Gasteiger partial charge < -0.3 is 9.84 Å². The first-order valence-electron chi connectivity index (χ1n) is 8.16. The number of aromatic carboxylic acids is 1. The third-order valence-corrected chi connectivity index (χ3v) is 5.43. The maximum atomic E-state index is 13.0. The second-order valence-electron chi connectivity index (χ2n) is 5.78. The molecule has 8 heteroatoms. The quantitative estimate of drug-likeness (QED) is 0.456. The van der Waals surface area contributed by atoms with E-state index in [1.165, 1.54) is 24.2 Å². The van der Waals surface area contributed by atoms with Gasteiger partial charge in [0.1, 0.15) is 4.32 Å². The lowest BCUT2D eigenvalue weighted by atomic mass is 10.0. The second-order valence-corrected chi connectivity index (χ2v) is 7.46. The molecule has 1 aliphatic heterocycles. The van der Waals surface area contributed by atoms with Crippen LogP contribution in [0, 0.1) is 0 Å². The van der Waals surface area contributed by atoms with Crippen LogP contribution in [0.3, 0.4) is 0 Å². The number of carboxylic acid groups (broad SMARTS) is 1. The average Bonchev–Trinajstić information content (AvgIpc) is 2.97. The number of thioether (sulfide) groups is 1. The number of hydrogen-bond donors (Lipinski definition) is 1. The topological polar surface area (TPSA) is 83.9 Å². The van der Waals surface area contributed by atoms with Gasteiger partial charge in [0.2, 0.25) is 0 Å². The summed E-state index contributed by atoms with van der Waals surface area (Å²) in [6.07, 6.45) is 1.47. The summed E-state index contributed by atoms with van der Waals surface area (Å²) >= 11 is 6.36. The second kappa shape index (κ2) is 8.37. The number of carboxylic acids is 1. The summed E-state index contributed by atoms with van der Waals surface area (Å²) in [5.74, 6) is -2.19. The van der Waals surface area contributed by atoms with E-state index >= 15 is 0 Å². The van der Waals surface area contributed by atoms with Gasteiger partial charge in [-0.15, -0.1) is 0 Å². The number of benzene rings is 2. The third-order valence-electron chi connectivity index (χ3n) is 4.10. The molecular formula is C20H15NO5S2. The molecule has 0 aromatic heterocycles. The highest BCUT2D eigenvalue weighted by molar-refractivity contribution is 8.26. The fourth-order valence-electron chi connectivity index (χ4n) is 2.80. The molecule has 6 nitrogen and oxygen atoms in total. The molecule has 1 atom stereocenters. The minimum absolute atomic E-state index is 0.0698. The Labute approximate surface area is 170 Å². The Morgan fingerprint density at radius 1 is 1.14 bits per heavy atom. The van der Waals surface area contributed by atoms with Crippen molar-refractivity contribution in [3.8, 4) is 0 Å². The highest BCUT2D eigenvalue weighted by Crippen LogP contribution is 2.39. The van der Waals surface area contributed by atoms with E-state index in [2.05, 4.69) is 0 Å². The number of methoxy groups -OCH3 is 1. The number of thiocarbonyl (C=S) groups is 1. The predicted octanol–water partition coefficient (Wildman–Crippen LogP) is 3.50. The zero-order valence-corrected chi connectivity index (χ0v) is 16.3. The molecule has 0 spiro atoms. The van der Waals surface area contributed by atoms with Crippen molar-refractivity contribution in [3.63, 3.8) is 0 Å². The summed E-state index contributed by atoms with van der Waals surface area (Å²) in [5, 5.41) is 9.33. The molecule has 0 aliphatic carbocycles. The molecule has 1 aliphatic rings. The van der Waals surface area contributed by atoms with Gasteiger partial charge in [0.25, 0.3) is 5.91 Å². The maximum Gasteiger partial charge on any atom is 0.336 e. The van der Waals surface area contributed by atoms with Gasteiger partial charge in [0.05, 0.1) is 17.6 Å². The summed E-state index contributed by atoms with van der Waals surface area (Å²) in [7, 11) is 1.24. The number of ether oxygens (including phenoxy) is 1. The van der Waals surface area contributed by atoms with E-state index in [0.717, 1.165) is 11.8 Å². The predicted molar refractivity (Wildman–Crippen MR) is 110 cm³/mol. The molecule has 1 unspecified atom stereocenters. The summed E-state index contributed by atoms with van der Waals surface area (Å²) in [4.78, 5) is 38.3. The van der Waals surface area contributed by atoms with Crippen molar-refractivity contribution in [3.05, 3.63) is 76.2 Å². The van der Waals surface area contributed by atoms with E-state index in [0.29, 0.717) is 11.1 Å². The molecular weight excluding hydrogens is 398 g/mol. The highest BCUT2D eigenvalue weighted by atomic mass is 32.2. The summed E-state index contributed by atoms with van der Waals surface area (Å²) in [5.41, 5.74) is 1.02. The summed E-state index contributed by atoms with van der Waals surface area (Å²) < 4.78 is 5.08. The van der Waals surface area contributed by atoms with Crippen molar-refractivity contribution in [1.29, 1.82) is 0 Å². The van der Waals surface area contributed by atoms with Crippen LogP contribution >= 0.6 is 24.0 Å². The lowest BCUT2D eigenvalue weighted by Gasteiger charge is -2.24. The van der Waals surface area contributed by atoms with E-state index in [1.54, 1.807) is 48.5 Å². The van der Waals surface area contributed by atoms with E-state index in [9.17, 15) is 19.5 Å². The number of rotatable bonds is 5. The number of hydrogen-bond acceptors (Lipinski definition) is 6. The van der Waals surface area contributed by atoms with Crippen LogP contribution in [0.15, 0.2) is 59.5 Å². The average molecular weight is 413 g/mol. The minimum atomic E-state index is -1.10. The number of carbonyl (C=O) groups is 3. The molecule has 1 fully saturated rings. The number of esters is 1. The van der Waals surface area contributed by atoms with E-state index in [4.69, 9.17) is 17.0 Å². The standard InChI is InChI=1S/C20H15NO5S2/c1-26-19(25)16(12-7-3-2-4-8-12)21-17(22)15(28-20(21)27)11-13-9-5-6-10-14(13)18(23)24/h2-11,16H,1H3,(H,23,24)/b15-11+. The van der Waals surface area contributed by atoms with E-state index in [-0.39, 0.29) is 14.8 Å². The molecule has 142 valence electrons. The van der Waals surface area contributed by atoms with Crippen LogP contribution in [0.4, 0.5) is 0 Å². The lowest BCUT2D eigenvalue weighted by Crippen LogP contribution is -2.37. The van der Waals surface area contributed by atoms with Gasteiger partial charge in [-0.3, -0.25) is 9.69 Å². The van der Waals surface area contributed by atoms with Gasteiger partial charge in [-0.05, 0) is 23.3 Å². The molecule has 0 bridgehead atoms. The van der Waals surface area contributed by atoms with Crippen molar-refractivity contribution in [2.75, 3.05) is 7.11 Å². The van der Waals surface area contributed by atoms with Gasteiger partial charge in [-0.1, -0.05) is 72.5 Å². The van der Waals surface area contributed by atoms with Crippen LogP contribution in [0.5, 0.6) is 0 Å². The Hall–Kier alpha value is -2.97. The molecule has 28 heavy (non-hydrogen) atoms. The fraction of sp³-hybridized carbons (Fsp3) is 0.100. The Balaban J connectivity index is 2.01. The zero-order valence-electron chi connectivity index (χ0n) is 14.7. The first-order valence-corrected chi connectivity index (χ1v) is 9.38. The summed E-state index contributed by atoms with van der Waals surface area (Å²) in [6, 6.07) is 14.1. The van der Waals surface area contributed by atoms with Crippen molar-refractivity contribution < 1.29 is 24.2 Å². The Morgan fingerprint density at radius 3 is 2.43 bits per heavy atom. The van der Waals surface area contributed by atoms with Gasteiger partial charge in [0, 0.05) is 0 Å². The van der Waals surface area contributed by atoms with Crippen LogP contribution in [-0.4, -0.2) is 39.3 Å². The third kappa shape index (κ3) is 3.83. The van der Waals surface area contributed by atoms with Crippen LogP contribution in [-0.2, 0) is 14.3 Å². The summed E-state index contributed by atoms with van der Waals surface area (Å²) in [6.45, 7) is 0. The number of carbonyl (C=O) groups excluding carboxylic acids is 2. The minimum Gasteiger partial charge on any atom is -0.478 e. The van der Waals surface area contributed by atoms with Crippen LogP contribution in [0.25, 0.3) is 6.08 Å². The van der Waals surface area contributed by atoms with E-state index in [1.807, 2.05) is 0 Å². The van der Waals surface area contributed by atoms with Crippen LogP contribution in [0.2, 0.25) is 0 Å². The molecule has 1 N–H and O–H groups in total. The van der Waals surface area contributed by atoms with Crippen molar-refractivity contribution in [2.24, 2.45) is 0 Å². The maximum absolute atomic E-state index is 13.0. The molecule has 2 aromatic carbocycles. The monoisotopic (exact) mass is 413 g/mol. The van der Waals surface area contributed by atoms with Gasteiger partial charge in [-0.25, -0.2) is 9.59 Å². The van der Waals surface area contributed by atoms with Gasteiger partial charge in [0.15, 0.2) is 6.04 Å². The number of nitrogens with zero attached hydrogens (tertiary/aromatic N) is 1. The molecule has 3 rings (SSSR count). The largest absolute Gasteiger partial charge is 0.478 e. The molecule has 0 radical (unpaired) electrons. The Bertz CT molecular complexity index is 987. The first-order chi connectivity index (χ1) is 13.4.